The fraction of sp³-hybridized carbons (Fsp3) is 0.429. The topological polar surface area (TPSA) is 60.2 Å². The molecule has 1 N–H and O–H groups in total. The highest BCUT2D eigenvalue weighted by atomic mass is 16.5. The zero-order valence-corrected chi connectivity index (χ0v) is 11.1. The molecule has 3 rings (SSSR count). The number of hydrogen-bond donors (Lipinski definition) is 1. The first-order valence-corrected chi connectivity index (χ1v) is 6.44. The van der Waals surface area contributed by atoms with Crippen molar-refractivity contribution in [3.63, 3.8) is 0 Å². The Balaban J connectivity index is 1.69. The Kier molecular flexibility index (Phi) is 2.98. The molecule has 0 fully saturated rings. The fourth-order valence-corrected chi connectivity index (χ4v) is 2.51. The van der Waals surface area contributed by atoms with E-state index in [1.165, 1.54) is 11.9 Å². The van der Waals surface area contributed by atoms with Crippen LogP contribution >= 0.6 is 0 Å². The highest BCUT2D eigenvalue weighted by Gasteiger charge is 2.40. The van der Waals surface area contributed by atoms with Gasteiger partial charge in [-0.15, -0.1) is 0 Å². The van der Waals surface area contributed by atoms with Crippen LogP contribution in [0.4, 0.5) is 0 Å². The van der Waals surface area contributed by atoms with Gasteiger partial charge in [0.25, 0.3) is 0 Å². The molecule has 0 radical (unpaired) electrons. The second kappa shape index (κ2) is 4.66. The van der Waals surface area contributed by atoms with Crippen LogP contribution in [0, 0.1) is 0 Å². The van der Waals surface area contributed by atoms with Crippen LogP contribution in [0.2, 0.25) is 0 Å². The van der Waals surface area contributed by atoms with Gasteiger partial charge in [-0.2, -0.15) is 4.98 Å². The third-order valence-corrected chi connectivity index (χ3v) is 3.39. The maximum absolute atomic E-state index is 5.98. The van der Waals surface area contributed by atoms with Gasteiger partial charge in [-0.25, -0.2) is 0 Å². The molecule has 0 saturated heterocycles. The molecule has 5 heteroatoms. The summed E-state index contributed by atoms with van der Waals surface area (Å²) in [6.45, 7) is 4.96. The van der Waals surface area contributed by atoms with Crippen molar-refractivity contribution in [2.45, 2.75) is 31.9 Å². The maximum atomic E-state index is 5.98. The lowest BCUT2D eigenvalue weighted by molar-refractivity contribution is 0.0965. The number of ether oxygens (including phenoxy) is 1. The fourth-order valence-electron chi connectivity index (χ4n) is 2.51. The van der Waals surface area contributed by atoms with E-state index < -0.39 is 0 Å². The van der Waals surface area contributed by atoms with E-state index in [0.717, 1.165) is 18.7 Å². The van der Waals surface area contributed by atoms with Crippen molar-refractivity contribution in [1.82, 2.24) is 15.5 Å². The summed E-state index contributed by atoms with van der Waals surface area (Å²) in [5.41, 5.74) is 0.955. The van der Waals surface area contributed by atoms with Gasteiger partial charge in [0, 0.05) is 18.5 Å². The van der Waals surface area contributed by atoms with Crippen LogP contribution in [0.3, 0.4) is 0 Å². The molecule has 1 unspecified atom stereocenters. The molecule has 0 aliphatic carbocycles. The molecule has 2 heterocycles. The number of rotatable bonds is 4. The van der Waals surface area contributed by atoms with E-state index in [0.29, 0.717) is 5.89 Å². The number of nitrogens with zero attached hydrogens (tertiary/aromatic N) is 2. The second-order valence-corrected chi connectivity index (χ2v) is 5.22. The highest BCUT2D eigenvalue weighted by Crippen LogP contribution is 2.42. The summed E-state index contributed by atoms with van der Waals surface area (Å²) in [5.74, 6) is 1.61. The van der Waals surface area contributed by atoms with Crippen LogP contribution in [0.5, 0.6) is 5.75 Å². The van der Waals surface area contributed by atoms with E-state index in [9.17, 15) is 0 Å². The van der Waals surface area contributed by atoms with Gasteiger partial charge < -0.3 is 14.6 Å². The average Bonchev–Trinajstić information content (AvgIpc) is 2.96. The molecule has 1 aliphatic rings. The van der Waals surface area contributed by atoms with Gasteiger partial charge >= 0.3 is 0 Å². The SMILES string of the molecule is CC1(C)Oc2ccccc2C1NCCc1ncno1. The molecule has 2 aromatic rings. The van der Waals surface area contributed by atoms with Gasteiger partial charge in [0.15, 0.2) is 6.33 Å². The standard InChI is InChI=1S/C14H17N3O2/c1-14(2)13(10-5-3-4-6-11(10)18-14)15-8-7-12-16-9-17-19-12/h3-6,9,13,15H,7-8H2,1-2H3. The van der Waals surface area contributed by atoms with Crippen LogP contribution in [0.25, 0.3) is 0 Å². The van der Waals surface area contributed by atoms with E-state index in [2.05, 4.69) is 35.4 Å². The minimum atomic E-state index is -0.251. The van der Waals surface area contributed by atoms with Gasteiger partial charge in [0.1, 0.15) is 11.4 Å². The number of para-hydroxylation sites is 1. The summed E-state index contributed by atoms with van der Waals surface area (Å²) in [6.07, 6.45) is 2.14. The highest BCUT2D eigenvalue weighted by molar-refractivity contribution is 5.42. The third-order valence-electron chi connectivity index (χ3n) is 3.39. The van der Waals surface area contributed by atoms with Gasteiger partial charge in [-0.1, -0.05) is 23.4 Å². The zero-order valence-electron chi connectivity index (χ0n) is 11.1. The van der Waals surface area contributed by atoms with Crippen molar-refractivity contribution in [3.05, 3.63) is 42.0 Å². The number of fused-ring (bicyclic) bond motifs is 1. The van der Waals surface area contributed by atoms with Gasteiger partial charge in [-0.05, 0) is 19.9 Å². The monoisotopic (exact) mass is 259 g/mol. The Morgan fingerprint density at radius 1 is 1.32 bits per heavy atom. The van der Waals surface area contributed by atoms with E-state index in [1.54, 1.807) is 0 Å². The summed E-state index contributed by atoms with van der Waals surface area (Å²) in [5, 5.41) is 7.11. The smallest absolute Gasteiger partial charge is 0.227 e. The Hall–Kier alpha value is -1.88. The van der Waals surface area contributed by atoms with Gasteiger partial charge in [0.2, 0.25) is 5.89 Å². The molecule has 1 aromatic heterocycles. The number of aromatic nitrogens is 2. The normalized spacial score (nSPS) is 20.0. The molecule has 5 nitrogen and oxygen atoms in total. The summed E-state index contributed by atoms with van der Waals surface area (Å²) in [4.78, 5) is 4.01. The van der Waals surface area contributed by atoms with Gasteiger partial charge in [-0.3, -0.25) is 0 Å². The molecule has 1 aromatic carbocycles. The molecular formula is C14H17N3O2. The maximum Gasteiger partial charge on any atom is 0.227 e. The summed E-state index contributed by atoms with van der Waals surface area (Å²) >= 11 is 0. The number of nitrogens with one attached hydrogen (secondary N) is 1. The molecule has 0 spiro atoms. The lowest BCUT2D eigenvalue weighted by atomic mass is 9.94. The molecule has 0 bridgehead atoms. The molecule has 0 saturated carbocycles. The molecule has 19 heavy (non-hydrogen) atoms. The van der Waals surface area contributed by atoms with Crippen molar-refractivity contribution in [1.29, 1.82) is 0 Å². The van der Waals surface area contributed by atoms with E-state index in [4.69, 9.17) is 9.26 Å². The zero-order chi connectivity index (χ0) is 13.3. The minimum absolute atomic E-state index is 0.173. The predicted molar refractivity (Wildman–Crippen MR) is 69.9 cm³/mol. The van der Waals surface area contributed by atoms with Crippen LogP contribution in [0.1, 0.15) is 31.3 Å². The lowest BCUT2D eigenvalue weighted by Crippen LogP contribution is -2.39. The van der Waals surface area contributed by atoms with Gasteiger partial charge in [0.05, 0.1) is 6.04 Å². The Morgan fingerprint density at radius 3 is 2.95 bits per heavy atom. The second-order valence-electron chi connectivity index (χ2n) is 5.22. The summed E-state index contributed by atoms with van der Waals surface area (Å²) in [6, 6.07) is 8.32. The first kappa shape index (κ1) is 12.2. The van der Waals surface area contributed by atoms with Crippen LogP contribution in [-0.4, -0.2) is 22.3 Å². The Bertz CT molecular complexity index is 552. The van der Waals surface area contributed by atoms with E-state index in [1.807, 2.05) is 18.2 Å². The average molecular weight is 259 g/mol. The molecule has 0 amide bonds. The van der Waals surface area contributed by atoms with Crippen LogP contribution < -0.4 is 10.1 Å². The van der Waals surface area contributed by atoms with Crippen LogP contribution in [0.15, 0.2) is 35.1 Å². The molecule has 100 valence electrons. The van der Waals surface area contributed by atoms with Crippen molar-refractivity contribution in [2.24, 2.45) is 0 Å². The molecule has 1 atom stereocenters. The minimum Gasteiger partial charge on any atom is -0.486 e. The molecular weight excluding hydrogens is 242 g/mol. The summed E-state index contributed by atoms with van der Waals surface area (Å²) in [7, 11) is 0. The number of hydrogen-bond acceptors (Lipinski definition) is 5. The van der Waals surface area contributed by atoms with Crippen molar-refractivity contribution in [3.8, 4) is 5.75 Å². The lowest BCUT2D eigenvalue weighted by Gasteiger charge is -2.27. The van der Waals surface area contributed by atoms with Crippen molar-refractivity contribution in [2.75, 3.05) is 6.54 Å². The van der Waals surface area contributed by atoms with Crippen molar-refractivity contribution >= 4 is 0 Å². The Labute approximate surface area is 112 Å². The molecule has 1 aliphatic heterocycles. The predicted octanol–water partition coefficient (Wildman–Crippen LogP) is 2.11. The quantitative estimate of drug-likeness (QED) is 0.911. The third kappa shape index (κ3) is 2.33. The largest absolute Gasteiger partial charge is 0.486 e. The number of benzene rings is 1. The first-order valence-electron chi connectivity index (χ1n) is 6.44. The van der Waals surface area contributed by atoms with Crippen molar-refractivity contribution < 1.29 is 9.26 Å². The van der Waals surface area contributed by atoms with Crippen LogP contribution in [-0.2, 0) is 6.42 Å². The first-order chi connectivity index (χ1) is 9.17. The van der Waals surface area contributed by atoms with E-state index in [-0.39, 0.29) is 11.6 Å². The Morgan fingerprint density at radius 2 is 2.16 bits per heavy atom. The summed E-state index contributed by atoms with van der Waals surface area (Å²) < 4.78 is 11.0. The van der Waals surface area contributed by atoms with E-state index >= 15 is 0 Å².